The monoisotopic (exact) mass is 273 g/mol. The third-order valence-corrected chi connectivity index (χ3v) is 3.61. The fraction of sp³-hybridized carbons (Fsp3) is 0.333. The van der Waals surface area contributed by atoms with E-state index in [0.717, 1.165) is 29.6 Å². The summed E-state index contributed by atoms with van der Waals surface area (Å²) in [6.07, 6.45) is 4.67. The Bertz CT molecular complexity index is 528. The second-order valence-corrected chi connectivity index (χ2v) is 5.44. The van der Waals surface area contributed by atoms with Gasteiger partial charge in [0.1, 0.15) is 10.8 Å². The second kappa shape index (κ2) is 7.14. The third-order valence-electron chi connectivity index (χ3n) is 2.64. The van der Waals surface area contributed by atoms with E-state index in [2.05, 4.69) is 53.4 Å². The average molecular weight is 273 g/mol. The van der Waals surface area contributed by atoms with Crippen molar-refractivity contribution in [3.8, 4) is 0 Å². The van der Waals surface area contributed by atoms with Crippen LogP contribution in [0.2, 0.25) is 0 Å². The maximum absolute atomic E-state index is 4.54. The topological polar surface area (TPSA) is 37.8 Å². The van der Waals surface area contributed by atoms with Crippen molar-refractivity contribution >= 4 is 17.6 Å². The van der Waals surface area contributed by atoms with Crippen LogP contribution in [0, 0.1) is 6.92 Å². The van der Waals surface area contributed by atoms with Gasteiger partial charge < -0.3 is 5.32 Å². The molecule has 1 aromatic carbocycles. The molecule has 0 aliphatic heterocycles. The number of anilines is 1. The number of nitrogens with one attached hydrogen (secondary N) is 1. The minimum Gasteiger partial charge on any atom is -0.369 e. The van der Waals surface area contributed by atoms with Gasteiger partial charge in [-0.25, -0.2) is 4.98 Å². The number of benzene rings is 1. The normalized spacial score (nSPS) is 10.4. The third kappa shape index (κ3) is 4.56. The van der Waals surface area contributed by atoms with Gasteiger partial charge in [-0.1, -0.05) is 36.8 Å². The zero-order valence-electron chi connectivity index (χ0n) is 11.4. The van der Waals surface area contributed by atoms with Gasteiger partial charge in [0.15, 0.2) is 0 Å². The molecule has 0 radical (unpaired) electrons. The standard InChI is InChI=1S/C15H19N3S/c1-3-7-17-14-9-16-10-15(18-14)19-11-13-6-4-5-12(2)8-13/h4-6,8-10H,3,7,11H2,1-2H3,(H,17,18). The molecule has 4 heteroatoms. The largest absolute Gasteiger partial charge is 0.369 e. The lowest BCUT2D eigenvalue weighted by atomic mass is 10.2. The molecule has 0 saturated heterocycles. The molecular formula is C15H19N3S. The van der Waals surface area contributed by atoms with E-state index in [4.69, 9.17) is 0 Å². The van der Waals surface area contributed by atoms with Crippen LogP contribution in [0.1, 0.15) is 24.5 Å². The van der Waals surface area contributed by atoms with Crippen molar-refractivity contribution < 1.29 is 0 Å². The summed E-state index contributed by atoms with van der Waals surface area (Å²) < 4.78 is 0. The molecule has 3 nitrogen and oxygen atoms in total. The molecule has 0 atom stereocenters. The first-order valence-electron chi connectivity index (χ1n) is 6.52. The maximum Gasteiger partial charge on any atom is 0.145 e. The second-order valence-electron chi connectivity index (χ2n) is 4.45. The summed E-state index contributed by atoms with van der Waals surface area (Å²) in [6, 6.07) is 8.56. The minimum absolute atomic E-state index is 0.857. The molecule has 2 aromatic rings. The summed E-state index contributed by atoms with van der Waals surface area (Å²) in [5.74, 6) is 1.78. The lowest BCUT2D eigenvalue weighted by Gasteiger charge is -2.06. The molecule has 0 unspecified atom stereocenters. The highest BCUT2D eigenvalue weighted by molar-refractivity contribution is 7.98. The maximum atomic E-state index is 4.54. The highest BCUT2D eigenvalue weighted by Gasteiger charge is 2.00. The number of thioether (sulfide) groups is 1. The molecule has 1 N–H and O–H groups in total. The van der Waals surface area contributed by atoms with Gasteiger partial charge in [0, 0.05) is 12.3 Å². The Labute approximate surface area is 118 Å². The fourth-order valence-corrected chi connectivity index (χ4v) is 2.51. The van der Waals surface area contributed by atoms with Crippen molar-refractivity contribution in [1.29, 1.82) is 0 Å². The molecule has 2 rings (SSSR count). The molecule has 1 heterocycles. The number of hydrogen-bond acceptors (Lipinski definition) is 4. The Kier molecular flexibility index (Phi) is 5.21. The quantitative estimate of drug-likeness (QED) is 0.810. The Morgan fingerprint density at radius 3 is 2.95 bits per heavy atom. The van der Waals surface area contributed by atoms with Crippen molar-refractivity contribution in [1.82, 2.24) is 9.97 Å². The number of aromatic nitrogens is 2. The van der Waals surface area contributed by atoms with E-state index >= 15 is 0 Å². The number of rotatable bonds is 6. The van der Waals surface area contributed by atoms with Crippen LogP contribution in [0.5, 0.6) is 0 Å². The number of hydrogen-bond donors (Lipinski definition) is 1. The summed E-state index contributed by atoms with van der Waals surface area (Å²) >= 11 is 1.72. The predicted octanol–water partition coefficient (Wildman–Crippen LogP) is 3.90. The highest BCUT2D eigenvalue weighted by atomic mass is 32.2. The summed E-state index contributed by atoms with van der Waals surface area (Å²) in [7, 11) is 0. The zero-order valence-corrected chi connectivity index (χ0v) is 12.2. The molecule has 0 spiro atoms. The zero-order chi connectivity index (χ0) is 13.5. The molecular weight excluding hydrogens is 254 g/mol. The Balaban J connectivity index is 1.95. The summed E-state index contributed by atoms with van der Waals surface area (Å²) in [6.45, 7) is 5.18. The van der Waals surface area contributed by atoms with Crippen LogP contribution in [0.25, 0.3) is 0 Å². The molecule has 0 saturated carbocycles. The van der Waals surface area contributed by atoms with Crippen molar-refractivity contribution in [3.63, 3.8) is 0 Å². The van der Waals surface area contributed by atoms with Crippen LogP contribution < -0.4 is 5.32 Å². The van der Waals surface area contributed by atoms with Crippen LogP contribution in [-0.2, 0) is 5.75 Å². The average Bonchev–Trinajstić information content (AvgIpc) is 2.43. The molecule has 1 aromatic heterocycles. The van der Waals surface area contributed by atoms with Crippen LogP contribution in [0.4, 0.5) is 5.82 Å². The van der Waals surface area contributed by atoms with E-state index < -0.39 is 0 Å². The van der Waals surface area contributed by atoms with E-state index in [1.165, 1.54) is 11.1 Å². The van der Waals surface area contributed by atoms with Crippen LogP contribution >= 0.6 is 11.8 Å². The first kappa shape index (κ1) is 13.9. The van der Waals surface area contributed by atoms with Gasteiger partial charge in [-0.2, -0.15) is 0 Å². The molecule has 19 heavy (non-hydrogen) atoms. The Hall–Kier alpha value is -1.55. The lowest BCUT2D eigenvalue weighted by molar-refractivity contribution is 0.948. The molecule has 0 amide bonds. The van der Waals surface area contributed by atoms with Crippen molar-refractivity contribution in [3.05, 3.63) is 47.8 Å². The van der Waals surface area contributed by atoms with Crippen molar-refractivity contribution in [2.75, 3.05) is 11.9 Å². The molecule has 0 aliphatic rings. The van der Waals surface area contributed by atoms with E-state index in [1.54, 1.807) is 18.0 Å². The molecule has 0 bridgehead atoms. The summed E-state index contributed by atoms with van der Waals surface area (Å²) in [5.41, 5.74) is 2.61. The van der Waals surface area contributed by atoms with Gasteiger partial charge in [0.2, 0.25) is 0 Å². The van der Waals surface area contributed by atoms with Gasteiger partial charge in [0.25, 0.3) is 0 Å². The smallest absolute Gasteiger partial charge is 0.145 e. The van der Waals surface area contributed by atoms with Crippen molar-refractivity contribution in [2.24, 2.45) is 0 Å². The van der Waals surface area contributed by atoms with Crippen molar-refractivity contribution in [2.45, 2.75) is 31.0 Å². The number of nitrogens with zero attached hydrogens (tertiary/aromatic N) is 2. The van der Waals surface area contributed by atoms with E-state index in [1.807, 2.05) is 6.20 Å². The first-order valence-corrected chi connectivity index (χ1v) is 7.50. The van der Waals surface area contributed by atoms with Gasteiger partial charge in [-0.05, 0) is 18.9 Å². The predicted molar refractivity (Wildman–Crippen MR) is 81.6 cm³/mol. The van der Waals surface area contributed by atoms with Gasteiger partial charge >= 0.3 is 0 Å². The molecule has 0 aliphatic carbocycles. The molecule has 100 valence electrons. The van der Waals surface area contributed by atoms with Gasteiger partial charge in [-0.15, -0.1) is 11.8 Å². The Morgan fingerprint density at radius 2 is 2.16 bits per heavy atom. The summed E-state index contributed by atoms with van der Waals surface area (Å²) in [4.78, 5) is 8.76. The minimum atomic E-state index is 0.857. The van der Waals surface area contributed by atoms with E-state index in [9.17, 15) is 0 Å². The molecule has 0 fully saturated rings. The lowest BCUT2D eigenvalue weighted by Crippen LogP contribution is -2.02. The first-order chi connectivity index (χ1) is 9.28. The fourth-order valence-electron chi connectivity index (χ4n) is 1.72. The van der Waals surface area contributed by atoms with Gasteiger partial charge in [0.05, 0.1) is 12.4 Å². The van der Waals surface area contributed by atoms with E-state index in [-0.39, 0.29) is 0 Å². The van der Waals surface area contributed by atoms with Crippen LogP contribution in [0.3, 0.4) is 0 Å². The van der Waals surface area contributed by atoms with Crippen LogP contribution in [0.15, 0.2) is 41.7 Å². The highest BCUT2D eigenvalue weighted by Crippen LogP contribution is 2.21. The SMILES string of the molecule is CCCNc1cncc(SCc2cccc(C)c2)n1. The summed E-state index contributed by atoms with van der Waals surface area (Å²) in [5, 5.41) is 4.22. The number of aryl methyl sites for hydroxylation is 1. The van der Waals surface area contributed by atoms with Gasteiger partial charge in [-0.3, -0.25) is 4.98 Å². The van der Waals surface area contributed by atoms with Crippen LogP contribution in [-0.4, -0.2) is 16.5 Å². The van der Waals surface area contributed by atoms with E-state index in [0.29, 0.717) is 0 Å². The Morgan fingerprint density at radius 1 is 1.26 bits per heavy atom.